The summed E-state index contributed by atoms with van der Waals surface area (Å²) in [5, 5.41) is 4.07. The number of piperazine rings is 1. The van der Waals surface area contributed by atoms with E-state index in [-0.39, 0.29) is 12.5 Å². The molecule has 0 aliphatic carbocycles. The Balaban J connectivity index is 1.21. The highest BCUT2D eigenvalue weighted by Crippen LogP contribution is 2.20. The molecule has 0 bridgehead atoms. The second-order valence-electron chi connectivity index (χ2n) is 7.38. The fourth-order valence-corrected chi connectivity index (χ4v) is 3.44. The van der Waals surface area contributed by atoms with Crippen molar-refractivity contribution in [3.63, 3.8) is 0 Å². The lowest BCUT2D eigenvalue weighted by Gasteiger charge is -2.33. The van der Waals surface area contributed by atoms with Gasteiger partial charge in [-0.1, -0.05) is 35.5 Å². The monoisotopic (exact) mass is 422 g/mol. The summed E-state index contributed by atoms with van der Waals surface area (Å²) in [7, 11) is 1.63. The number of carbonyl (C=O) groups is 1. The van der Waals surface area contributed by atoms with E-state index < -0.39 is 0 Å². The summed E-state index contributed by atoms with van der Waals surface area (Å²) in [4.78, 5) is 20.9. The van der Waals surface area contributed by atoms with Gasteiger partial charge in [0.05, 0.1) is 20.3 Å². The van der Waals surface area contributed by atoms with E-state index in [4.69, 9.17) is 14.0 Å². The number of hydrogen-bond acceptors (Lipinski definition) is 7. The fourth-order valence-electron chi connectivity index (χ4n) is 3.44. The second kappa shape index (κ2) is 10.2. The smallest absolute Gasteiger partial charge is 0.248 e. The normalized spacial score (nSPS) is 14.5. The molecule has 1 fully saturated rings. The minimum Gasteiger partial charge on any atom is -0.497 e. The molecule has 0 saturated carbocycles. The maximum Gasteiger partial charge on any atom is 0.248 e. The van der Waals surface area contributed by atoms with Crippen molar-refractivity contribution in [2.45, 2.75) is 13.2 Å². The third-order valence-electron chi connectivity index (χ3n) is 5.24. The van der Waals surface area contributed by atoms with Crippen LogP contribution in [0.5, 0.6) is 5.75 Å². The van der Waals surface area contributed by atoms with Gasteiger partial charge in [-0.2, -0.15) is 4.98 Å². The fraction of sp³-hybridized carbons (Fsp3) is 0.348. The Labute approximate surface area is 181 Å². The number of methoxy groups -OCH3 is 1. The predicted molar refractivity (Wildman–Crippen MR) is 114 cm³/mol. The van der Waals surface area contributed by atoms with Gasteiger partial charge in [-0.25, -0.2) is 0 Å². The van der Waals surface area contributed by atoms with Crippen LogP contribution in [-0.4, -0.2) is 65.7 Å². The summed E-state index contributed by atoms with van der Waals surface area (Å²) >= 11 is 0. The molecule has 8 nitrogen and oxygen atoms in total. The van der Waals surface area contributed by atoms with E-state index in [2.05, 4.69) is 15.0 Å². The molecule has 0 spiro atoms. The Morgan fingerprint density at radius 1 is 1.03 bits per heavy atom. The van der Waals surface area contributed by atoms with Crippen molar-refractivity contribution in [2.24, 2.45) is 0 Å². The molecule has 162 valence electrons. The van der Waals surface area contributed by atoms with Crippen LogP contribution in [0.1, 0.15) is 11.5 Å². The number of aromatic nitrogens is 2. The number of benzene rings is 2. The molecule has 0 N–H and O–H groups in total. The van der Waals surface area contributed by atoms with E-state index in [1.54, 1.807) is 7.11 Å². The van der Waals surface area contributed by atoms with Crippen LogP contribution in [-0.2, 0) is 22.7 Å². The quantitative estimate of drug-likeness (QED) is 0.552. The van der Waals surface area contributed by atoms with Gasteiger partial charge in [0.2, 0.25) is 17.6 Å². The Kier molecular flexibility index (Phi) is 6.91. The van der Waals surface area contributed by atoms with Crippen LogP contribution in [0, 0.1) is 0 Å². The minimum atomic E-state index is 0.0233. The van der Waals surface area contributed by atoms with Gasteiger partial charge in [-0.3, -0.25) is 9.69 Å². The highest BCUT2D eigenvalue weighted by atomic mass is 16.5. The first kappa shape index (κ1) is 21.0. The van der Waals surface area contributed by atoms with Crippen molar-refractivity contribution in [3.05, 3.63) is 66.1 Å². The summed E-state index contributed by atoms with van der Waals surface area (Å²) in [5.74, 6) is 1.93. The molecule has 2 heterocycles. The summed E-state index contributed by atoms with van der Waals surface area (Å²) in [5.41, 5.74) is 1.94. The van der Waals surface area contributed by atoms with E-state index in [9.17, 15) is 4.79 Å². The topological polar surface area (TPSA) is 80.9 Å². The zero-order valence-electron chi connectivity index (χ0n) is 17.6. The van der Waals surface area contributed by atoms with E-state index in [0.29, 0.717) is 38.0 Å². The molecule has 1 amide bonds. The maximum absolute atomic E-state index is 12.4. The average Bonchev–Trinajstić information content (AvgIpc) is 3.29. The molecule has 31 heavy (non-hydrogen) atoms. The first-order valence-electron chi connectivity index (χ1n) is 10.3. The van der Waals surface area contributed by atoms with Crippen molar-refractivity contribution in [1.29, 1.82) is 0 Å². The lowest BCUT2D eigenvalue weighted by Crippen LogP contribution is -2.49. The van der Waals surface area contributed by atoms with Crippen molar-refractivity contribution in [1.82, 2.24) is 19.9 Å². The molecule has 1 saturated heterocycles. The first-order chi connectivity index (χ1) is 15.2. The Bertz CT molecular complexity index is 967. The van der Waals surface area contributed by atoms with Crippen molar-refractivity contribution in [3.8, 4) is 17.1 Å². The lowest BCUT2D eigenvalue weighted by molar-refractivity contribution is -0.138. The maximum atomic E-state index is 12.4. The van der Waals surface area contributed by atoms with Gasteiger partial charge in [-0.15, -0.1) is 0 Å². The second-order valence-corrected chi connectivity index (χ2v) is 7.38. The molecule has 0 atom stereocenters. The number of rotatable bonds is 8. The molecule has 2 aromatic carbocycles. The molecule has 1 aliphatic heterocycles. The highest BCUT2D eigenvalue weighted by Gasteiger charge is 2.22. The van der Waals surface area contributed by atoms with Gasteiger partial charge < -0.3 is 18.9 Å². The van der Waals surface area contributed by atoms with Gasteiger partial charge in [0.1, 0.15) is 12.4 Å². The number of amides is 1. The van der Waals surface area contributed by atoms with Crippen LogP contribution in [0.15, 0.2) is 59.1 Å². The van der Waals surface area contributed by atoms with Crippen molar-refractivity contribution < 1.29 is 18.8 Å². The Morgan fingerprint density at radius 3 is 2.48 bits per heavy atom. The first-order valence-corrected chi connectivity index (χ1v) is 10.3. The molecular formula is C23H26N4O4. The minimum absolute atomic E-state index is 0.0233. The van der Waals surface area contributed by atoms with Crippen molar-refractivity contribution in [2.75, 3.05) is 39.9 Å². The van der Waals surface area contributed by atoms with E-state index in [0.717, 1.165) is 30.0 Å². The number of hydrogen-bond donors (Lipinski definition) is 0. The molecule has 3 aromatic rings. The molecular weight excluding hydrogens is 396 g/mol. The van der Waals surface area contributed by atoms with Crippen LogP contribution in [0.3, 0.4) is 0 Å². The van der Waals surface area contributed by atoms with Gasteiger partial charge in [0.15, 0.2) is 0 Å². The lowest BCUT2D eigenvalue weighted by atomic mass is 10.2. The molecule has 0 radical (unpaired) electrons. The predicted octanol–water partition coefficient (Wildman–Crippen LogP) is 2.61. The van der Waals surface area contributed by atoms with Crippen LogP contribution in [0.2, 0.25) is 0 Å². The largest absolute Gasteiger partial charge is 0.497 e. The van der Waals surface area contributed by atoms with E-state index >= 15 is 0 Å². The molecule has 8 heteroatoms. The number of nitrogens with zero attached hydrogens (tertiary/aromatic N) is 4. The third kappa shape index (κ3) is 5.68. The van der Waals surface area contributed by atoms with E-state index in [1.165, 1.54) is 0 Å². The van der Waals surface area contributed by atoms with Crippen LogP contribution in [0.4, 0.5) is 0 Å². The summed E-state index contributed by atoms with van der Waals surface area (Å²) < 4.78 is 16.2. The van der Waals surface area contributed by atoms with Crippen LogP contribution in [0.25, 0.3) is 11.4 Å². The molecule has 0 unspecified atom stereocenters. The average molecular weight is 422 g/mol. The highest BCUT2D eigenvalue weighted by molar-refractivity contribution is 5.77. The molecule has 1 aliphatic rings. The van der Waals surface area contributed by atoms with Crippen molar-refractivity contribution >= 4 is 5.91 Å². The van der Waals surface area contributed by atoms with Crippen LogP contribution >= 0.6 is 0 Å². The third-order valence-corrected chi connectivity index (χ3v) is 5.24. The Morgan fingerprint density at radius 2 is 1.77 bits per heavy atom. The van der Waals surface area contributed by atoms with Gasteiger partial charge >= 0.3 is 0 Å². The summed E-state index contributed by atoms with van der Waals surface area (Å²) in [6.45, 7) is 3.94. The number of carbonyl (C=O) groups excluding carboxylic acids is 1. The molecule has 4 rings (SSSR count). The van der Waals surface area contributed by atoms with Gasteiger partial charge in [0.25, 0.3) is 0 Å². The standard InChI is InChI=1S/C23H26N4O4/c1-29-20-9-7-19(8-10-20)23-24-21(31-25-23)15-26-11-13-27(14-12-26)22(28)17-30-16-18-5-3-2-4-6-18/h2-10H,11-17H2,1H3. The van der Waals surface area contributed by atoms with Crippen LogP contribution < -0.4 is 4.74 Å². The van der Waals surface area contributed by atoms with E-state index in [1.807, 2.05) is 59.5 Å². The zero-order valence-corrected chi connectivity index (χ0v) is 17.6. The SMILES string of the molecule is COc1ccc(-c2noc(CN3CCN(C(=O)COCc4ccccc4)CC3)n2)cc1. The summed E-state index contributed by atoms with van der Waals surface area (Å²) in [6, 6.07) is 17.4. The van der Waals surface area contributed by atoms with Gasteiger partial charge in [0, 0.05) is 31.7 Å². The van der Waals surface area contributed by atoms with Gasteiger partial charge in [-0.05, 0) is 29.8 Å². The Hall–Kier alpha value is -3.23. The summed E-state index contributed by atoms with van der Waals surface area (Å²) in [6.07, 6.45) is 0. The zero-order chi connectivity index (χ0) is 21.5. The number of ether oxygens (including phenoxy) is 2. The molecule has 1 aromatic heterocycles.